The Balaban J connectivity index is 2.19. The largest absolute Gasteiger partial charge is 0.355 e. The summed E-state index contributed by atoms with van der Waals surface area (Å²) < 4.78 is 0.716. The number of rotatable bonds is 2. The number of hydrogen-bond donors (Lipinski definition) is 1. The molecule has 2 heterocycles. The van der Waals surface area contributed by atoms with Gasteiger partial charge in [0.15, 0.2) is 0 Å². The number of pyridine rings is 1. The van der Waals surface area contributed by atoms with E-state index >= 15 is 0 Å². The van der Waals surface area contributed by atoms with Gasteiger partial charge in [-0.2, -0.15) is 11.8 Å². The molecule has 1 aliphatic heterocycles. The number of hydrogen-bond acceptors (Lipinski definition) is 3. The van der Waals surface area contributed by atoms with Gasteiger partial charge >= 0.3 is 0 Å². The third-order valence-electron chi connectivity index (χ3n) is 2.38. The number of halogens is 1. The van der Waals surface area contributed by atoms with Crippen molar-refractivity contribution in [3.63, 3.8) is 0 Å². The summed E-state index contributed by atoms with van der Waals surface area (Å²) in [5, 5.41) is 1.40. The van der Waals surface area contributed by atoms with Crippen LogP contribution in [0, 0.1) is 4.51 Å². The van der Waals surface area contributed by atoms with Gasteiger partial charge in [0.2, 0.25) is 0 Å². The minimum absolute atomic E-state index is 0.669. The van der Waals surface area contributed by atoms with E-state index in [9.17, 15) is 0 Å². The molecule has 1 aromatic rings. The van der Waals surface area contributed by atoms with Crippen LogP contribution in [-0.2, 0) is 0 Å². The van der Waals surface area contributed by atoms with Crippen molar-refractivity contribution in [2.75, 3.05) is 24.2 Å². The van der Waals surface area contributed by atoms with Gasteiger partial charge in [-0.25, -0.2) is 0 Å². The van der Waals surface area contributed by atoms with E-state index in [4.69, 9.17) is 23.8 Å². The van der Waals surface area contributed by atoms with Crippen LogP contribution in [0.3, 0.4) is 0 Å². The molecule has 0 unspecified atom stereocenters. The average Bonchev–Trinajstić information content (AvgIpc) is 2.10. The van der Waals surface area contributed by atoms with E-state index in [-0.39, 0.29) is 0 Å². The van der Waals surface area contributed by atoms with Crippen LogP contribution in [0.25, 0.3) is 0 Å². The molecule has 1 aromatic heterocycles. The molecule has 14 heavy (non-hydrogen) atoms. The van der Waals surface area contributed by atoms with Crippen LogP contribution in [0.15, 0.2) is 12.3 Å². The van der Waals surface area contributed by atoms with Crippen molar-refractivity contribution < 1.29 is 0 Å². The lowest BCUT2D eigenvalue weighted by Crippen LogP contribution is -2.49. The van der Waals surface area contributed by atoms with Gasteiger partial charge in [-0.1, -0.05) is 23.8 Å². The predicted molar refractivity (Wildman–Crippen MR) is 66.2 cm³/mol. The maximum Gasteiger partial charge on any atom is 0.126 e. The van der Waals surface area contributed by atoms with Crippen LogP contribution >= 0.6 is 35.6 Å². The first-order valence-electron chi connectivity index (χ1n) is 4.37. The second-order valence-corrected chi connectivity index (χ2v) is 5.22. The predicted octanol–water partition coefficient (Wildman–Crippen LogP) is 2.95. The summed E-state index contributed by atoms with van der Waals surface area (Å²) in [6, 6.07) is 1.81. The third-order valence-corrected chi connectivity index (χ3v) is 4.18. The molecule has 1 aliphatic rings. The Morgan fingerprint density at radius 3 is 3.00 bits per heavy atom. The van der Waals surface area contributed by atoms with Gasteiger partial charge in [0.1, 0.15) is 5.82 Å². The molecule has 1 saturated heterocycles. The molecule has 2 nitrogen and oxygen atoms in total. The summed E-state index contributed by atoms with van der Waals surface area (Å²) in [5.74, 6) is 0.962. The normalized spacial score (nSPS) is 16.9. The van der Waals surface area contributed by atoms with Crippen molar-refractivity contribution in [2.24, 2.45) is 0 Å². The van der Waals surface area contributed by atoms with Crippen LogP contribution < -0.4 is 4.90 Å². The monoisotopic (exact) mass is 246 g/mol. The standard InChI is InChI=1S/C9H11ClN2S2/c1-14-6-4-12(5-6)9-8(10)7(13)2-3-11-9/h2-3,6H,4-5H2,1H3,(H,11,13). The molecule has 0 radical (unpaired) electrons. The summed E-state index contributed by atoms with van der Waals surface area (Å²) in [6.07, 6.45) is 3.98. The quantitative estimate of drug-likeness (QED) is 0.810. The van der Waals surface area contributed by atoms with Crippen LogP contribution in [-0.4, -0.2) is 29.6 Å². The van der Waals surface area contributed by atoms with Crippen molar-refractivity contribution in [1.29, 1.82) is 0 Å². The molecule has 2 rings (SSSR count). The van der Waals surface area contributed by atoms with Crippen LogP contribution in [0.4, 0.5) is 5.82 Å². The molecule has 1 N–H and O–H groups in total. The Hall–Kier alpha value is -0.190. The molecule has 0 atom stereocenters. The maximum atomic E-state index is 6.11. The summed E-state index contributed by atoms with van der Waals surface area (Å²) in [5.41, 5.74) is 0. The molecule has 5 heteroatoms. The number of H-pyrrole nitrogens is 1. The second-order valence-electron chi connectivity index (χ2n) is 3.27. The van der Waals surface area contributed by atoms with Gasteiger partial charge in [-0.15, -0.1) is 0 Å². The van der Waals surface area contributed by atoms with E-state index in [1.54, 1.807) is 0 Å². The first-order valence-corrected chi connectivity index (χ1v) is 6.44. The minimum atomic E-state index is 0.669. The van der Waals surface area contributed by atoms with E-state index in [0.29, 0.717) is 9.53 Å². The smallest absolute Gasteiger partial charge is 0.126 e. The van der Waals surface area contributed by atoms with Crippen LogP contribution in [0.5, 0.6) is 0 Å². The number of thioether (sulfide) groups is 1. The van der Waals surface area contributed by atoms with E-state index in [1.165, 1.54) is 0 Å². The van der Waals surface area contributed by atoms with Crippen LogP contribution in [0.2, 0.25) is 5.02 Å². The molecule has 76 valence electrons. The lowest BCUT2D eigenvalue weighted by molar-refractivity contribution is 0.627. The highest BCUT2D eigenvalue weighted by Gasteiger charge is 2.27. The minimum Gasteiger partial charge on any atom is -0.355 e. The highest BCUT2D eigenvalue weighted by molar-refractivity contribution is 7.99. The zero-order valence-electron chi connectivity index (χ0n) is 7.79. The number of nitrogens with zero attached hydrogens (tertiary/aromatic N) is 1. The van der Waals surface area contributed by atoms with E-state index in [0.717, 1.165) is 24.2 Å². The van der Waals surface area contributed by atoms with Gasteiger partial charge in [0, 0.05) is 24.5 Å². The van der Waals surface area contributed by atoms with Crippen molar-refractivity contribution >= 4 is 41.4 Å². The van der Waals surface area contributed by atoms with Crippen molar-refractivity contribution in [2.45, 2.75) is 5.25 Å². The average molecular weight is 247 g/mol. The Morgan fingerprint density at radius 1 is 1.64 bits per heavy atom. The fraction of sp³-hybridized carbons (Fsp3) is 0.444. The first-order chi connectivity index (χ1) is 6.72. The Bertz CT molecular complexity index is 385. The fourth-order valence-electron chi connectivity index (χ4n) is 1.45. The zero-order chi connectivity index (χ0) is 10.1. The van der Waals surface area contributed by atoms with Gasteiger partial charge < -0.3 is 9.88 Å². The molecule has 0 spiro atoms. The molecular formula is C9H11ClN2S2. The van der Waals surface area contributed by atoms with Crippen LogP contribution in [0.1, 0.15) is 0 Å². The molecule has 0 aromatic carbocycles. The lowest BCUT2D eigenvalue weighted by Gasteiger charge is -2.39. The number of aromatic amines is 1. The summed E-state index contributed by atoms with van der Waals surface area (Å²) in [6.45, 7) is 2.10. The van der Waals surface area contributed by atoms with E-state index < -0.39 is 0 Å². The highest BCUT2D eigenvalue weighted by Crippen LogP contribution is 2.30. The zero-order valence-corrected chi connectivity index (χ0v) is 10.2. The molecule has 1 fully saturated rings. The third kappa shape index (κ3) is 1.78. The van der Waals surface area contributed by atoms with Crippen molar-refractivity contribution in [3.8, 4) is 0 Å². The molecule has 0 amide bonds. The maximum absolute atomic E-state index is 6.11. The first kappa shape index (κ1) is 10.3. The topological polar surface area (TPSA) is 19.0 Å². The highest BCUT2D eigenvalue weighted by atomic mass is 35.5. The Kier molecular flexibility index (Phi) is 3.04. The lowest BCUT2D eigenvalue weighted by atomic mass is 10.2. The van der Waals surface area contributed by atoms with E-state index in [1.807, 2.05) is 24.0 Å². The number of nitrogens with one attached hydrogen (secondary N) is 1. The SMILES string of the molecule is CSC1CN(c2[nH]ccc(=S)c2Cl)C1. The molecule has 0 bridgehead atoms. The Labute approximate surface area is 97.6 Å². The van der Waals surface area contributed by atoms with Crippen molar-refractivity contribution in [3.05, 3.63) is 21.8 Å². The van der Waals surface area contributed by atoms with E-state index in [2.05, 4.69) is 16.1 Å². The number of aromatic nitrogens is 1. The molecular weight excluding hydrogens is 236 g/mol. The van der Waals surface area contributed by atoms with Gasteiger partial charge in [-0.05, 0) is 12.3 Å². The number of anilines is 1. The van der Waals surface area contributed by atoms with Gasteiger partial charge in [0.05, 0.1) is 9.53 Å². The fourth-order valence-corrected chi connectivity index (χ4v) is 2.51. The molecule has 0 saturated carbocycles. The van der Waals surface area contributed by atoms with Gasteiger partial charge in [-0.3, -0.25) is 0 Å². The van der Waals surface area contributed by atoms with Crippen molar-refractivity contribution in [1.82, 2.24) is 4.98 Å². The summed E-state index contributed by atoms with van der Waals surface area (Å²) in [7, 11) is 0. The summed E-state index contributed by atoms with van der Waals surface area (Å²) >= 11 is 13.1. The second kappa shape index (κ2) is 4.13. The Morgan fingerprint density at radius 2 is 2.36 bits per heavy atom. The summed E-state index contributed by atoms with van der Waals surface area (Å²) in [4.78, 5) is 5.36. The van der Waals surface area contributed by atoms with Gasteiger partial charge in [0.25, 0.3) is 0 Å². The molecule has 0 aliphatic carbocycles.